The number of pyridine rings is 1. The highest BCUT2D eigenvalue weighted by atomic mass is 16.5. The molecule has 0 aliphatic carbocycles. The first-order valence-electron chi connectivity index (χ1n) is 9.63. The molecule has 0 aliphatic heterocycles. The molecule has 1 amide bonds. The monoisotopic (exact) mass is 448 g/mol. The Balaban J connectivity index is 1.80. The highest BCUT2D eigenvalue weighted by Crippen LogP contribution is 2.40. The van der Waals surface area contributed by atoms with Crippen LogP contribution >= 0.6 is 0 Å². The van der Waals surface area contributed by atoms with Gasteiger partial charge >= 0.3 is 12.1 Å². The lowest BCUT2D eigenvalue weighted by atomic mass is 10.1. The molecule has 33 heavy (non-hydrogen) atoms. The molecule has 0 spiro atoms. The van der Waals surface area contributed by atoms with Gasteiger partial charge < -0.3 is 19.0 Å². The van der Waals surface area contributed by atoms with Gasteiger partial charge in [0.2, 0.25) is 5.43 Å². The van der Waals surface area contributed by atoms with E-state index < -0.39 is 23.2 Å². The van der Waals surface area contributed by atoms with Crippen molar-refractivity contribution in [1.29, 1.82) is 0 Å². The van der Waals surface area contributed by atoms with E-state index in [1.807, 2.05) is 0 Å². The Kier molecular flexibility index (Phi) is 5.94. The minimum absolute atomic E-state index is 0.0261. The van der Waals surface area contributed by atoms with Crippen LogP contribution in [0.5, 0.6) is 11.5 Å². The van der Waals surface area contributed by atoms with Crippen LogP contribution in [-0.4, -0.2) is 38.7 Å². The summed E-state index contributed by atoms with van der Waals surface area (Å²) in [6, 6.07) is 6.61. The van der Waals surface area contributed by atoms with Gasteiger partial charge in [0.1, 0.15) is 23.6 Å². The third-order valence-corrected chi connectivity index (χ3v) is 4.35. The summed E-state index contributed by atoms with van der Waals surface area (Å²) in [4.78, 5) is 48.5. The van der Waals surface area contributed by atoms with Crippen molar-refractivity contribution in [3.8, 4) is 22.8 Å². The molecule has 166 valence electrons. The third kappa shape index (κ3) is 4.61. The minimum Gasteiger partial charge on any atom is -0.507 e. The van der Waals surface area contributed by atoms with E-state index in [0.29, 0.717) is 0 Å². The molecular formula is C22H16N4O7. The number of carbonyl (C=O) groups is 2. The lowest BCUT2D eigenvalue weighted by Gasteiger charge is -2.14. The second kappa shape index (κ2) is 9.14. The van der Waals surface area contributed by atoms with Crippen LogP contribution in [0.3, 0.4) is 0 Å². The Hall–Kier alpha value is -4.80. The Morgan fingerprint density at radius 2 is 2.03 bits per heavy atom. The summed E-state index contributed by atoms with van der Waals surface area (Å²) < 4.78 is 15.9. The number of aromatic hydroxyl groups is 1. The normalized spacial score (nSPS) is 10.6. The molecule has 0 atom stereocenters. The molecule has 0 saturated carbocycles. The Labute approximate surface area is 185 Å². The molecule has 0 aliphatic rings. The zero-order valence-corrected chi connectivity index (χ0v) is 17.1. The number of hydrogen-bond donors (Lipinski definition) is 2. The standard InChI is InChI=1S/C22H16N4O7/c1-2-31-22(30)26-14-6-13(32-21(29)12-4-3-5-23-9-12)7-15(27)19(14)17-8-16(28)20-18(33-17)10-24-11-25-20/h3-11,27H,2H2,1H3,(H,26,30). The van der Waals surface area contributed by atoms with Gasteiger partial charge in [-0.2, -0.15) is 0 Å². The van der Waals surface area contributed by atoms with Gasteiger partial charge in [0.05, 0.1) is 29.6 Å². The summed E-state index contributed by atoms with van der Waals surface area (Å²) in [5, 5.41) is 13.2. The number of anilines is 1. The molecule has 0 bridgehead atoms. The van der Waals surface area contributed by atoms with Crippen molar-refractivity contribution in [2.45, 2.75) is 6.92 Å². The van der Waals surface area contributed by atoms with Crippen LogP contribution in [0.2, 0.25) is 0 Å². The molecule has 3 heterocycles. The second-order valence-electron chi connectivity index (χ2n) is 6.55. The molecule has 0 saturated heterocycles. The third-order valence-electron chi connectivity index (χ3n) is 4.35. The van der Waals surface area contributed by atoms with E-state index in [1.54, 1.807) is 13.0 Å². The number of amides is 1. The van der Waals surface area contributed by atoms with Crippen molar-refractivity contribution >= 4 is 28.8 Å². The van der Waals surface area contributed by atoms with Crippen LogP contribution in [-0.2, 0) is 4.74 Å². The molecule has 11 heteroatoms. The van der Waals surface area contributed by atoms with Gasteiger partial charge in [-0.05, 0) is 19.1 Å². The summed E-state index contributed by atoms with van der Waals surface area (Å²) in [6.45, 7) is 1.71. The molecule has 0 fully saturated rings. The SMILES string of the molecule is CCOC(=O)Nc1cc(OC(=O)c2cccnc2)cc(O)c1-c1cc(=O)c2ncncc2o1. The summed E-state index contributed by atoms with van der Waals surface area (Å²) in [7, 11) is 0. The van der Waals surface area contributed by atoms with Gasteiger partial charge in [0.25, 0.3) is 0 Å². The molecule has 11 nitrogen and oxygen atoms in total. The number of nitrogens with zero attached hydrogens (tertiary/aromatic N) is 3. The first kappa shape index (κ1) is 21.4. The fourth-order valence-corrected chi connectivity index (χ4v) is 2.98. The van der Waals surface area contributed by atoms with Gasteiger partial charge in [-0.3, -0.25) is 15.1 Å². The van der Waals surface area contributed by atoms with E-state index in [9.17, 15) is 19.5 Å². The van der Waals surface area contributed by atoms with Crippen molar-refractivity contribution in [2.75, 3.05) is 11.9 Å². The number of phenolic OH excluding ortho intramolecular Hbond substituents is 1. The number of nitrogens with one attached hydrogen (secondary N) is 1. The smallest absolute Gasteiger partial charge is 0.411 e. The molecular weight excluding hydrogens is 432 g/mol. The predicted molar refractivity (Wildman–Crippen MR) is 115 cm³/mol. The first-order chi connectivity index (χ1) is 16.0. The number of ether oxygens (including phenoxy) is 2. The van der Waals surface area contributed by atoms with Gasteiger partial charge in [0, 0.05) is 30.6 Å². The van der Waals surface area contributed by atoms with Crippen molar-refractivity contribution in [1.82, 2.24) is 15.0 Å². The van der Waals surface area contributed by atoms with Gasteiger partial charge in [-0.1, -0.05) is 0 Å². The van der Waals surface area contributed by atoms with Crippen LogP contribution in [0, 0.1) is 0 Å². The predicted octanol–water partition coefficient (Wildman–Crippen LogP) is 3.14. The topological polar surface area (TPSA) is 154 Å². The quantitative estimate of drug-likeness (QED) is 0.344. The van der Waals surface area contributed by atoms with Crippen LogP contribution < -0.4 is 15.5 Å². The Morgan fingerprint density at radius 3 is 2.79 bits per heavy atom. The van der Waals surface area contributed by atoms with Gasteiger partial charge in [-0.15, -0.1) is 0 Å². The number of fused-ring (bicyclic) bond motifs is 1. The van der Waals surface area contributed by atoms with Gasteiger partial charge in [-0.25, -0.2) is 19.6 Å². The van der Waals surface area contributed by atoms with Crippen molar-refractivity contribution < 1.29 is 28.6 Å². The molecule has 4 aromatic rings. The number of phenols is 1. The maximum absolute atomic E-state index is 12.5. The number of carbonyl (C=O) groups excluding carboxylic acids is 2. The van der Waals surface area contributed by atoms with Crippen LogP contribution in [0.25, 0.3) is 22.4 Å². The largest absolute Gasteiger partial charge is 0.507 e. The molecule has 0 radical (unpaired) electrons. The van der Waals surface area contributed by atoms with Crippen LogP contribution in [0.1, 0.15) is 17.3 Å². The molecule has 1 aromatic carbocycles. The van der Waals surface area contributed by atoms with Crippen LogP contribution in [0.15, 0.2) is 64.5 Å². The van der Waals surface area contributed by atoms with E-state index >= 15 is 0 Å². The average molecular weight is 448 g/mol. The fourth-order valence-electron chi connectivity index (χ4n) is 2.98. The first-order valence-corrected chi connectivity index (χ1v) is 9.63. The van der Waals surface area contributed by atoms with E-state index in [-0.39, 0.29) is 46.0 Å². The number of benzene rings is 1. The summed E-state index contributed by atoms with van der Waals surface area (Å²) in [5.74, 6) is -1.32. The maximum atomic E-state index is 12.5. The molecule has 3 aromatic heterocycles. The summed E-state index contributed by atoms with van der Waals surface area (Å²) >= 11 is 0. The van der Waals surface area contributed by atoms with Crippen molar-refractivity contribution in [2.24, 2.45) is 0 Å². The number of esters is 1. The number of aromatic nitrogens is 3. The summed E-state index contributed by atoms with van der Waals surface area (Å²) in [5.41, 5.74) is -0.235. The highest BCUT2D eigenvalue weighted by molar-refractivity contribution is 5.95. The number of hydrogen-bond acceptors (Lipinski definition) is 10. The van der Waals surface area contributed by atoms with Crippen molar-refractivity contribution in [3.63, 3.8) is 0 Å². The highest BCUT2D eigenvalue weighted by Gasteiger charge is 2.21. The fraction of sp³-hybridized carbons (Fsp3) is 0.0909. The average Bonchev–Trinajstić information content (AvgIpc) is 2.79. The zero-order valence-electron chi connectivity index (χ0n) is 17.1. The van der Waals surface area contributed by atoms with Crippen LogP contribution in [0.4, 0.5) is 10.5 Å². The van der Waals surface area contributed by atoms with E-state index in [2.05, 4.69) is 20.3 Å². The maximum Gasteiger partial charge on any atom is 0.411 e. The molecule has 0 unspecified atom stereocenters. The molecule has 4 rings (SSSR count). The lowest BCUT2D eigenvalue weighted by Crippen LogP contribution is -2.15. The van der Waals surface area contributed by atoms with Gasteiger partial charge in [0.15, 0.2) is 11.1 Å². The van der Waals surface area contributed by atoms with E-state index in [0.717, 1.165) is 12.1 Å². The zero-order chi connectivity index (χ0) is 23.4. The minimum atomic E-state index is -0.833. The Morgan fingerprint density at radius 1 is 1.18 bits per heavy atom. The molecule has 2 N–H and O–H groups in total. The number of rotatable bonds is 5. The van der Waals surface area contributed by atoms with Crippen molar-refractivity contribution in [3.05, 3.63) is 71.0 Å². The Bertz CT molecular complexity index is 1400. The second-order valence-corrected chi connectivity index (χ2v) is 6.55. The lowest BCUT2D eigenvalue weighted by molar-refractivity contribution is 0.0734. The summed E-state index contributed by atoms with van der Waals surface area (Å²) in [6.07, 6.45) is 4.49. The van der Waals surface area contributed by atoms with E-state index in [4.69, 9.17) is 13.9 Å². The van der Waals surface area contributed by atoms with E-state index in [1.165, 1.54) is 37.1 Å².